The number of carbonyl (C=O) groups is 1. The van der Waals surface area contributed by atoms with E-state index in [0.29, 0.717) is 5.56 Å². The standard InChI is InChI=1S/C13H12N4O2S/c1-7-14-12(20-16-7)11-9-5-4-8(13(18)19-3)6-10(9)17(2)15-11/h4-6H,1-3H3. The number of esters is 1. The molecule has 0 atom stereocenters. The van der Waals surface area contributed by atoms with Gasteiger partial charge in [-0.15, -0.1) is 0 Å². The number of hydrogen-bond donors (Lipinski definition) is 0. The fourth-order valence-electron chi connectivity index (χ4n) is 2.05. The van der Waals surface area contributed by atoms with Crippen LogP contribution in [0.2, 0.25) is 0 Å². The summed E-state index contributed by atoms with van der Waals surface area (Å²) in [7, 11) is 3.20. The maximum Gasteiger partial charge on any atom is 0.337 e. The number of hydrogen-bond acceptors (Lipinski definition) is 6. The average Bonchev–Trinajstić information content (AvgIpc) is 3.02. The molecule has 0 fully saturated rings. The van der Waals surface area contributed by atoms with Crippen molar-refractivity contribution in [2.24, 2.45) is 7.05 Å². The number of methoxy groups -OCH3 is 1. The van der Waals surface area contributed by atoms with Crippen molar-refractivity contribution in [2.45, 2.75) is 6.92 Å². The molecule has 0 radical (unpaired) electrons. The van der Waals surface area contributed by atoms with E-state index < -0.39 is 0 Å². The lowest BCUT2D eigenvalue weighted by Gasteiger charge is -2.00. The average molecular weight is 288 g/mol. The van der Waals surface area contributed by atoms with Crippen molar-refractivity contribution in [3.8, 4) is 10.7 Å². The molecule has 1 aromatic carbocycles. The van der Waals surface area contributed by atoms with E-state index >= 15 is 0 Å². The van der Waals surface area contributed by atoms with Crippen molar-refractivity contribution < 1.29 is 9.53 Å². The Morgan fingerprint density at radius 1 is 1.40 bits per heavy atom. The molecule has 0 amide bonds. The number of fused-ring (bicyclic) bond motifs is 1. The monoisotopic (exact) mass is 288 g/mol. The number of aromatic nitrogens is 4. The minimum atomic E-state index is -0.360. The largest absolute Gasteiger partial charge is 0.465 e. The molecule has 2 heterocycles. The second-order valence-corrected chi connectivity index (χ2v) is 5.09. The summed E-state index contributed by atoms with van der Waals surface area (Å²) in [6, 6.07) is 5.36. The van der Waals surface area contributed by atoms with Crippen LogP contribution in [0, 0.1) is 6.92 Å². The summed E-state index contributed by atoms with van der Waals surface area (Å²) in [6.07, 6.45) is 0. The second kappa shape index (κ2) is 4.68. The summed E-state index contributed by atoms with van der Waals surface area (Å²) in [5, 5.41) is 6.19. The predicted molar refractivity (Wildman–Crippen MR) is 75.7 cm³/mol. The maximum atomic E-state index is 11.6. The zero-order valence-electron chi connectivity index (χ0n) is 11.2. The third kappa shape index (κ3) is 1.96. The lowest BCUT2D eigenvalue weighted by molar-refractivity contribution is 0.0601. The van der Waals surface area contributed by atoms with Gasteiger partial charge in [-0.3, -0.25) is 4.68 Å². The van der Waals surface area contributed by atoms with Crippen LogP contribution in [0.3, 0.4) is 0 Å². The summed E-state index contributed by atoms with van der Waals surface area (Å²) in [6.45, 7) is 1.85. The highest BCUT2D eigenvalue weighted by Crippen LogP contribution is 2.29. The highest BCUT2D eigenvalue weighted by Gasteiger charge is 2.16. The first-order valence-corrected chi connectivity index (χ1v) is 6.73. The summed E-state index contributed by atoms with van der Waals surface area (Å²) in [5.74, 6) is 0.372. The van der Waals surface area contributed by atoms with Crippen LogP contribution in [0.1, 0.15) is 16.2 Å². The number of carbonyl (C=O) groups excluding carboxylic acids is 1. The maximum absolute atomic E-state index is 11.6. The van der Waals surface area contributed by atoms with Crippen LogP contribution >= 0.6 is 11.5 Å². The summed E-state index contributed by atoms with van der Waals surface area (Å²) in [4.78, 5) is 15.9. The van der Waals surface area contributed by atoms with E-state index in [4.69, 9.17) is 4.74 Å². The molecule has 3 rings (SSSR count). The SMILES string of the molecule is COC(=O)c1ccc2c(-c3nc(C)ns3)nn(C)c2c1. The van der Waals surface area contributed by atoms with Gasteiger partial charge in [0.05, 0.1) is 18.2 Å². The smallest absolute Gasteiger partial charge is 0.337 e. The molecule has 20 heavy (non-hydrogen) atoms. The molecule has 0 aliphatic carbocycles. The Hall–Kier alpha value is -2.28. The zero-order chi connectivity index (χ0) is 14.3. The molecule has 0 aliphatic heterocycles. The van der Waals surface area contributed by atoms with Gasteiger partial charge in [-0.2, -0.15) is 9.47 Å². The lowest BCUT2D eigenvalue weighted by Crippen LogP contribution is -2.01. The van der Waals surface area contributed by atoms with Gasteiger partial charge in [0.1, 0.15) is 11.5 Å². The van der Waals surface area contributed by atoms with Gasteiger partial charge in [0, 0.05) is 12.4 Å². The van der Waals surface area contributed by atoms with E-state index in [1.54, 1.807) is 16.8 Å². The minimum Gasteiger partial charge on any atom is -0.465 e. The van der Waals surface area contributed by atoms with Crippen LogP contribution in [0.5, 0.6) is 0 Å². The Labute approximate surface area is 119 Å². The van der Waals surface area contributed by atoms with E-state index in [9.17, 15) is 4.79 Å². The highest BCUT2D eigenvalue weighted by molar-refractivity contribution is 7.09. The van der Waals surface area contributed by atoms with Crippen molar-refractivity contribution in [3.05, 3.63) is 29.6 Å². The third-order valence-electron chi connectivity index (χ3n) is 3.00. The Morgan fingerprint density at radius 2 is 2.20 bits per heavy atom. The van der Waals surface area contributed by atoms with Gasteiger partial charge in [-0.05, 0) is 36.7 Å². The van der Waals surface area contributed by atoms with Crippen molar-refractivity contribution in [3.63, 3.8) is 0 Å². The van der Waals surface area contributed by atoms with E-state index in [2.05, 4.69) is 14.5 Å². The molecule has 0 spiro atoms. The fraction of sp³-hybridized carbons (Fsp3) is 0.231. The molecule has 0 N–H and O–H groups in total. The van der Waals surface area contributed by atoms with Crippen LogP contribution in [0.4, 0.5) is 0 Å². The Kier molecular flexibility index (Phi) is 2.98. The van der Waals surface area contributed by atoms with E-state index in [0.717, 1.165) is 27.4 Å². The molecular weight excluding hydrogens is 276 g/mol. The van der Waals surface area contributed by atoms with Crippen molar-refractivity contribution in [1.82, 2.24) is 19.1 Å². The first-order chi connectivity index (χ1) is 9.60. The number of nitrogens with zero attached hydrogens (tertiary/aromatic N) is 4. The van der Waals surface area contributed by atoms with Gasteiger partial charge in [0.2, 0.25) is 0 Å². The Balaban J connectivity index is 2.19. The first kappa shape index (κ1) is 12.7. The van der Waals surface area contributed by atoms with E-state index in [1.165, 1.54) is 18.6 Å². The van der Waals surface area contributed by atoms with E-state index in [1.807, 2.05) is 20.0 Å². The topological polar surface area (TPSA) is 69.9 Å². The first-order valence-electron chi connectivity index (χ1n) is 5.96. The van der Waals surface area contributed by atoms with Crippen LogP contribution in [0.15, 0.2) is 18.2 Å². The van der Waals surface area contributed by atoms with Crippen molar-refractivity contribution in [1.29, 1.82) is 0 Å². The summed E-state index contributed by atoms with van der Waals surface area (Å²) in [5.41, 5.74) is 2.14. The number of ether oxygens (including phenoxy) is 1. The van der Waals surface area contributed by atoms with Gasteiger partial charge in [-0.25, -0.2) is 9.78 Å². The Morgan fingerprint density at radius 3 is 2.85 bits per heavy atom. The van der Waals surface area contributed by atoms with Crippen molar-refractivity contribution >= 4 is 28.4 Å². The summed E-state index contributed by atoms with van der Waals surface area (Å²) < 4.78 is 10.6. The molecule has 0 saturated carbocycles. The lowest BCUT2D eigenvalue weighted by atomic mass is 10.1. The molecule has 0 bridgehead atoms. The second-order valence-electron chi connectivity index (χ2n) is 4.34. The molecule has 102 valence electrons. The van der Waals surface area contributed by atoms with Crippen LogP contribution in [-0.4, -0.2) is 32.2 Å². The molecular formula is C13H12N4O2S. The normalized spacial score (nSPS) is 10.9. The predicted octanol–water partition coefficient (Wildman–Crippen LogP) is 2.19. The van der Waals surface area contributed by atoms with Gasteiger partial charge in [0.25, 0.3) is 0 Å². The third-order valence-corrected chi connectivity index (χ3v) is 3.82. The number of rotatable bonds is 2. The van der Waals surface area contributed by atoms with Crippen LogP contribution < -0.4 is 0 Å². The van der Waals surface area contributed by atoms with Gasteiger partial charge in [-0.1, -0.05) is 0 Å². The fourth-order valence-corrected chi connectivity index (χ4v) is 2.72. The molecule has 7 heteroatoms. The quantitative estimate of drug-likeness (QED) is 0.676. The van der Waals surface area contributed by atoms with E-state index in [-0.39, 0.29) is 5.97 Å². The number of aryl methyl sites for hydroxylation is 2. The molecule has 0 saturated heterocycles. The molecule has 0 aliphatic rings. The molecule has 6 nitrogen and oxygen atoms in total. The van der Waals surface area contributed by atoms with Gasteiger partial charge in [0.15, 0.2) is 5.01 Å². The van der Waals surface area contributed by atoms with Crippen LogP contribution in [0.25, 0.3) is 21.6 Å². The molecule has 3 aromatic rings. The minimum absolute atomic E-state index is 0.360. The molecule has 2 aromatic heterocycles. The van der Waals surface area contributed by atoms with Crippen LogP contribution in [-0.2, 0) is 11.8 Å². The zero-order valence-corrected chi connectivity index (χ0v) is 12.1. The van der Waals surface area contributed by atoms with Gasteiger partial charge < -0.3 is 4.74 Å². The summed E-state index contributed by atoms with van der Waals surface area (Å²) >= 11 is 1.32. The Bertz CT molecular complexity index is 806. The highest BCUT2D eigenvalue weighted by atomic mass is 32.1. The van der Waals surface area contributed by atoms with Crippen molar-refractivity contribution in [2.75, 3.05) is 7.11 Å². The van der Waals surface area contributed by atoms with Gasteiger partial charge >= 0.3 is 5.97 Å². The molecule has 0 unspecified atom stereocenters. The number of benzene rings is 1.